The van der Waals surface area contributed by atoms with Gasteiger partial charge in [0.25, 0.3) is 0 Å². The average Bonchev–Trinajstić information content (AvgIpc) is 2.40. The molecule has 1 unspecified atom stereocenters. The molecule has 1 aromatic heterocycles. The number of nitrogens with two attached hydrogens (primary N) is 1. The van der Waals surface area contributed by atoms with E-state index in [9.17, 15) is 0 Å². The van der Waals surface area contributed by atoms with Crippen LogP contribution in [0.1, 0.15) is 48.2 Å². The summed E-state index contributed by atoms with van der Waals surface area (Å²) in [6, 6.07) is 12.7. The number of nitrogens with zero attached hydrogens (tertiary/aromatic N) is 1. The molecule has 19 heavy (non-hydrogen) atoms. The summed E-state index contributed by atoms with van der Waals surface area (Å²) in [4.78, 5) is 4.22. The van der Waals surface area contributed by atoms with Gasteiger partial charge in [-0.2, -0.15) is 0 Å². The SMILES string of the molecule is Cc1cc(C(NN)c2ccc(C(C)C)cc2)ccn1. The van der Waals surface area contributed by atoms with Crippen LogP contribution in [0.15, 0.2) is 42.6 Å². The highest BCUT2D eigenvalue weighted by atomic mass is 15.2. The van der Waals surface area contributed by atoms with E-state index in [0.29, 0.717) is 5.92 Å². The van der Waals surface area contributed by atoms with E-state index in [-0.39, 0.29) is 6.04 Å². The van der Waals surface area contributed by atoms with Gasteiger partial charge in [0, 0.05) is 11.9 Å². The van der Waals surface area contributed by atoms with Gasteiger partial charge in [-0.15, -0.1) is 0 Å². The molecule has 0 amide bonds. The fraction of sp³-hybridized carbons (Fsp3) is 0.312. The minimum absolute atomic E-state index is 0.00270. The van der Waals surface area contributed by atoms with Crippen LogP contribution in [0.2, 0.25) is 0 Å². The van der Waals surface area contributed by atoms with Crippen LogP contribution >= 0.6 is 0 Å². The van der Waals surface area contributed by atoms with Gasteiger partial charge in [0.05, 0.1) is 6.04 Å². The molecule has 1 atom stereocenters. The largest absolute Gasteiger partial charge is 0.271 e. The van der Waals surface area contributed by atoms with Crippen molar-refractivity contribution in [2.45, 2.75) is 32.7 Å². The Labute approximate surface area is 114 Å². The zero-order chi connectivity index (χ0) is 13.8. The second-order valence-electron chi connectivity index (χ2n) is 5.15. The quantitative estimate of drug-likeness (QED) is 0.652. The lowest BCUT2D eigenvalue weighted by atomic mass is 9.96. The molecule has 3 heteroatoms. The first kappa shape index (κ1) is 13.7. The summed E-state index contributed by atoms with van der Waals surface area (Å²) >= 11 is 0. The number of hydrogen-bond acceptors (Lipinski definition) is 3. The predicted molar refractivity (Wildman–Crippen MR) is 78.7 cm³/mol. The third kappa shape index (κ3) is 3.19. The number of nitrogens with one attached hydrogen (secondary N) is 1. The molecule has 0 aliphatic carbocycles. The lowest BCUT2D eigenvalue weighted by Gasteiger charge is -2.18. The van der Waals surface area contributed by atoms with Gasteiger partial charge >= 0.3 is 0 Å². The molecule has 0 aliphatic rings. The third-order valence-corrected chi connectivity index (χ3v) is 3.36. The summed E-state index contributed by atoms with van der Waals surface area (Å²) < 4.78 is 0. The van der Waals surface area contributed by atoms with Gasteiger partial charge in [-0.3, -0.25) is 10.8 Å². The van der Waals surface area contributed by atoms with Crippen LogP contribution in [0.3, 0.4) is 0 Å². The standard InChI is InChI=1S/C16H21N3/c1-11(2)13-4-6-14(7-5-13)16(19-17)15-8-9-18-12(3)10-15/h4-11,16,19H,17H2,1-3H3. The van der Waals surface area contributed by atoms with Crippen molar-refractivity contribution in [3.63, 3.8) is 0 Å². The predicted octanol–water partition coefficient (Wildman–Crippen LogP) is 3.07. The topological polar surface area (TPSA) is 50.9 Å². The Morgan fingerprint density at radius 3 is 2.16 bits per heavy atom. The van der Waals surface area contributed by atoms with Crippen molar-refractivity contribution in [1.29, 1.82) is 0 Å². The van der Waals surface area contributed by atoms with Gasteiger partial charge in [0.2, 0.25) is 0 Å². The fourth-order valence-corrected chi connectivity index (χ4v) is 2.21. The number of hydrogen-bond donors (Lipinski definition) is 2. The van der Waals surface area contributed by atoms with Gasteiger partial charge in [-0.25, -0.2) is 5.43 Å². The summed E-state index contributed by atoms with van der Waals surface area (Å²) in [7, 11) is 0. The Morgan fingerprint density at radius 1 is 1.00 bits per heavy atom. The molecule has 100 valence electrons. The van der Waals surface area contributed by atoms with E-state index < -0.39 is 0 Å². The Kier molecular flexibility index (Phi) is 4.30. The van der Waals surface area contributed by atoms with Crippen molar-refractivity contribution in [2.24, 2.45) is 5.84 Å². The van der Waals surface area contributed by atoms with Crippen LogP contribution in [0.4, 0.5) is 0 Å². The van der Waals surface area contributed by atoms with Crippen LogP contribution in [-0.2, 0) is 0 Å². The third-order valence-electron chi connectivity index (χ3n) is 3.36. The van der Waals surface area contributed by atoms with Crippen LogP contribution < -0.4 is 11.3 Å². The number of pyridine rings is 1. The maximum absolute atomic E-state index is 5.71. The Balaban J connectivity index is 2.31. The lowest BCUT2D eigenvalue weighted by molar-refractivity contribution is 0.635. The summed E-state index contributed by atoms with van der Waals surface area (Å²) in [5.74, 6) is 6.26. The fourth-order valence-electron chi connectivity index (χ4n) is 2.21. The van der Waals surface area contributed by atoms with Gasteiger partial charge in [-0.1, -0.05) is 38.1 Å². The second-order valence-corrected chi connectivity index (χ2v) is 5.15. The average molecular weight is 255 g/mol. The van der Waals surface area contributed by atoms with E-state index >= 15 is 0 Å². The van der Waals surface area contributed by atoms with Crippen LogP contribution in [0, 0.1) is 6.92 Å². The monoisotopic (exact) mass is 255 g/mol. The number of hydrazine groups is 1. The van der Waals surface area contributed by atoms with Crippen molar-refractivity contribution >= 4 is 0 Å². The Bertz CT molecular complexity index is 532. The number of benzene rings is 1. The lowest BCUT2D eigenvalue weighted by Crippen LogP contribution is -2.28. The molecule has 1 heterocycles. The van der Waals surface area contributed by atoms with Gasteiger partial charge in [0.15, 0.2) is 0 Å². The first-order valence-electron chi connectivity index (χ1n) is 6.60. The van der Waals surface area contributed by atoms with Crippen LogP contribution in [0.25, 0.3) is 0 Å². The molecule has 0 aliphatic heterocycles. The van der Waals surface area contributed by atoms with Crippen molar-refractivity contribution < 1.29 is 0 Å². The maximum atomic E-state index is 5.71. The minimum atomic E-state index is 0.00270. The first-order valence-corrected chi connectivity index (χ1v) is 6.60. The summed E-state index contributed by atoms with van der Waals surface area (Å²) in [5, 5.41) is 0. The maximum Gasteiger partial charge on any atom is 0.0711 e. The molecule has 0 spiro atoms. The summed E-state index contributed by atoms with van der Waals surface area (Å²) in [5.41, 5.74) is 7.51. The molecule has 3 N–H and O–H groups in total. The minimum Gasteiger partial charge on any atom is -0.271 e. The molecule has 0 radical (unpaired) electrons. The highest BCUT2D eigenvalue weighted by Gasteiger charge is 2.12. The smallest absolute Gasteiger partial charge is 0.0711 e. The molecule has 2 rings (SSSR count). The van der Waals surface area contributed by atoms with E-state index in [1.54, 1.807) is 0 Å². The van der Waals surface area contributed by atoms with Crippen LogP contribution in [0.5, 0.6) is 0 Å². The molecular weight excluding hydrogens is 234 g/mol. The van der Waals surface area contributed by atoms with E-state index in [0.717, 1.165) is 16.8 Å². The van der Waals surface area contributed by atoms with Crippen molar-refractivity contribution in [2.75, 3.05) is 0 Å². The molecule has 0 fully saturated rings. The molecule has 3 nitrogen and oxygen atoms in total. The van der Waals surface area contributed by atoms with Gasteiger partial charge in [-0.05, 0) is 41.7 Å². The zero-order valence-corrected chi connectivity index (χ0v) is 11.7. The number of aromatic nitrogens is 1. The van der Waals surface area contributed by atoms with E-state index in [4.69, 9.17) is 5.84 Å². The highest BCUT2D eigenvalue weighted by Crippen LogP contribution is 2.23. The van der Waals surface area contributed by atoms with E-state index in [2.05, 4.69) is 54.6 Å². The van der Waals surface area contributed by atoms with Gasteiger partial charge < -0.3 is 0 Å². The summed E-state index contributed by atoms with van der Waals surface area (Å²) in [6.45, 7) is 6.37. The normalized spacial score (nSPS) is 12.7. The van der Waals surface area contributed by atoms with Crippen molar-refractivity contribution in [3.05, 3.63) is 65.0 Å². The van der Waals surface area contributed by atoms with E-state index in [1.807, 2.05) is 19.2 Å². The Hall–Kier alpha value is -1.71. The van der Waals surface area contributed by atoms with E-state index in [1.165, 1.54) is 5.56 Å². The molecule has 0 saturated heterocycles. The zero-order valence-electron chi connectivity index (χ0n) is 11.7. The van der Waals surface area contributed by atoms with Crippen molar-refractivity contribution in [1.82, 2.24) is 10.4 Å². The van der Waals surface area contributed by atoms with Crippen LogP contribution in [-0.4, -0.2) is 4.98 Å². The van der Waals surface area contributed by atoms with Gasteiger partial charge in [0.1, 0.15) is 0 Å². The highest BCUT2D eigenvalue weighted by molar-refractivity contribution is 5.34. The first-order chi connectivity index (χ1) is 9.11. The number of aryl methyl sites for hydroxylation is 1. The van der Waals surface area contributed by atoms with Crippen molar-refractivity contribution in [3.8, 4) is 0 Å². The second kappa shape index (κ2) is 5.95. The Morgan fingerprint density at radius 2 is 1.63 bits per heavy atom. The molecular formula is C16H21N3. The molecule has 2 aromatic rings. The molecule has 0 saturated carbocycles. The number of rotatable bonds is 4. The summed E-state index contributed by atoms with van der Waals surface area (Å²) in [6.07, 6.45) is 1.82. The molecule has 0 bridgehead atoms. The molecule has 1 aromatic carbocycles.